The molecule has 0 amide bonds. The SMILES string of the molecule is CC=CC(=O)CNCC.[F-].[F-].[F-].[F-].[Ta]. The smallest absolute Gasteiger partial charge is 0.169 e. The number of nitrogens with one attached hydrogen (secondary N) is 1. The van der Waals surface area contributed by atoms with Gasteiger partial charge in [-0.25, -0.2) is 0 Å². The summed E-state index contributed by atoms with van der Waals surface area (Å²) in [7, 11) is 0. The van der Waals surface area contributed by atoms with Crippen molar-refractivity contribution in [3.05, 3.63) is 12.2 Å². The Hall–Kier alpha value is -0.170. The van der Waals surface area contributed by atoms with Crippen molar-refractivity contribution in [2.24, 2.45) is 0 Å². The van der Waals surface area contributed by atoms with E-state index in [4.69, 9.17) is 0 Å². The van der Waals surface area contributed by atoms with E-state index in [2.05, 4.69) is 5.32 Å². The van der Waals surface area contributed by atoms with Gasteiger partial charge in [0.15, 0.2) is 5.78 Å². The molecule has 1 N–H and O–H groups in total. The number of halogens is 4. The molecule has 0 aliphatic carbocycles. The molecule has 89 valence electrons. The zero-order chi connectivity index (χ0) is 7.11. The summed E-state index contributed by atoms with van der Waals surface area (Å²) in [5.74, 6) is 0.138. The summed E-state index contributed by atoms with van der Waals surface area (Å²) in [6.07, 6.45) is 3.32. The fourth-order valence-electron chi connectivity index (χ4n) is 0.493. The molecule has 1 radical (unpaired) electrons. The summed E-state index contributed by atoms with van der Waals surface area (Å²) in [6, 6.07) is 0. The van der Waals surface area contributed by atoms with Gasteiger partial charge in [-0.2, -0.15) is 0 Å². The normalized spacial score (nSPS) is 6.71. The number of hydrogen-bond donors (Lipinski definition) is 1. The summed E-state index contributed by atoms with van der Waals surface area (Å²) >= 11 is 0. The van der Waals surface area contributed by atoms with E-state index in [9.17, 15) is 4.79 Å². The van der Waals surface area contributed by atoms with Crippen LogP contribution in [0.15, 0.2) is 12.2 Å². The van der Waals surface area contributed by atoms with Crippen LogP contribution < -0.4 is 24.1 Å². The van der Waals surface area contributed by atoms with Crippen molar-refractivity contribution >= 4 is 5.78 Å². The fraction of sp³-hybridized carbons (Fsp3) is 0.571. The van der Waals surface area contributed by atoms with Crippen molar-refractivity contribution in [2.45, 2.75) is 13.8 Å². The molecule has 14 heavy (non-hydrogen) atoms. The van der Waals surface area contributed by atoms with Crippen molar-refractivity contribution < 1.29 is 46.0 Å². The average Bonchev–Trinajstić information content (AvgIpc) is 1.85. The van der Waals surface area contributed by atoms with Gasteiger partial charge in [0, 0.05) is 22.4 Å². The third-order valence-corrected chi connectivity index (χ3v) is 0.902. The number of hydrogen-bond acceptors (Lipinski definition) is 2. The Balaban J connectivity index is -0.0000000320. The Bertz CT molecular complexity index is 124. The van der Waals surface area contributed by atoms with Crippen LogP contribution in [0, 0.1) is 0 Å². The number of carbonyl (C=O) groups is 1. The molecule has 0 aromatic heterocycles. The first-order chi connectivity index (χ1) is 4.31. The van der Waals surface area contributed by atoms with Gasteiger partial charge in [-0.1, -0.05) is 13.0 Å². The minimum Gasteiger partial charge on any atom is -1.00 e. The van der Waals surface area contributed by atoms with Crippen molar-refractivity contribution in [1.82, 2.24) is 5.32 Å². The molecule has 0 fully saturated rings. The van der Waals surface area contributed by atoms with Gasteiger partial charge >= 0.3 is 0 Å². The van der Waals surface area contributed by atoms with Crippen LogP contribution in [0.25, 0.3) is 0 Å². The predicted octanol–water partition coefficient (Wildman–Crippen LogP) is -11.2. The van der Waals surface area contributed by atoms with E-state index >= 15 is 0 Å². The molecule has 0 aromatic rings. The fourth-order valence-corrected chi connectivity index (χ4v) is 0.493. The summed E-state index contributed by atoms with van der Waals surface area (Å²) in [5, 5.41) is 2.93. The molecule has 0 unspecified atom stereocenters. The quantitative estimate of drug-likeness (QED) is 0.386. The van der Waals surface area contributed by atoms with Crippen molar-refractivity contribution in [2.75, 3.05) is 13.1 Å². The van der Waals surface area contributed by atoms with Gasteiger partial charge in [0.25, 0.3) is 0 Å². The Kier molecular flexibility index (Phi) is 77.7. The van der Waals surface area contributed by atoms with Crippen LogP contribution in [0.4, 0.5) is 0 Å². The first-order valence-corrected chi connectivity index (χ1v) is 3.17. The first-order valence-electron chi connectivity index (χ1n) is 3.17. The Morgan fingerprint density at radius 3 is 1.93 bits per heavy atom. The number of carbonyl (C=O) groups excluding carboxylic acids is 1. The van der Waals surface area contributed by atoms with Crippen LogP contribution in [0.5, 0.6) is 0 Å². The van der Waals surface area contributed by atoms with Crippen molar-refractivity contribution in [1.29, 1.82) is 0 Å². The van der Waals surface area contributed by atoms with Gasteiger partial charge < -0.3 is 24.1 Å². The van der Waals surface area contributed by atoms with E-state index < -0.39 is 0 Å². The summed E-state index contributed by atoms with van der Waals surface area (Å²) in [6.45, 7) is 5.12. The van der Waals surface area contributed by atoms with Crippen LogP contribution in [0.2, 0.25) is 0 Å². The van der Waals surface area contributed by atoms with Gasteiger partial charge in [0.05, 0.1) is 6.54 Å². The van der Waals surface area contributed by atoms with E-state index in [1.54, 1.807) is 12.2 Å². The second-order valence-electron chi connectivity index (χ2n) is 1.75. The van der Waals surface area contributed by atoms with Crippen LogP contribution >= 0.6 is 0 Å². The van der Waals surface area contributed by atoms with Crippen LogP contribution in [0.3, 0.4) is 0 Å². The number of ketones is 1. The van der Waals surface area contributed by atoms with E-state index in [1.165, 1.54) is 0 Å². The maximum absolute atomic E-state index is 10.7. The molecule has 0 spiro atoms. The Labute approximate surface area is 96.5 Å². The largest absolute Gasteiger partial charge is 1.00 e. The van der Waals surface area contributed by atoms with Crippen molar-refractivity contribution in [3.63, 3.8) is 0 Å². The molecule has 0 aliphatic rings. The second-order valence-corrected chi connectivity index (χ2v) is 1.75. The molecule has 0 rings (SSSR count). The van der Waals surface area contributed by atoms with Crippen LogP contribution in [-0.4, -0.2) is 18.9 Å². The van der Waals surface area contributed by atoms with E-state index in [-0.39, 0.29) is 47.0 Å². The predicted molar refractivity (Wildman–Crippen MR) is 38.4 cm³/mol. The van der Waals surface area contributed by atoms with Gasteiger partial charge in [0.2, 0.25) is 0 Å². The Morgan fingerprint density at radius 1 is 1.21 bits per heavy atom. The molecule has 0 saturated heterocycles. The van der Waals surface area contributed by atoms with E-state index in [0.29, 0.717) is 6.54 Å². The van der Waals surface area contributed by atoms with Gasteiger partial charge in [0.1, 0.15) is 0 Å². The molecule has 0 atom stereocenters. The third-order valence-electron chi connectivity index (χ3n) is 0.902. The van der Waals surface area contributed by atoms with Crippen LogP contribution in [0.1, 0.15) is 13.8 Å². The Morgan fingerprint density at radius 2 is 1.64 bits per heavy atom. The standard InChI is InChI=1S/C7H13NO.4FH.Ta/c1-3-5-7(9)6-8-4-2;;;;;/h3,5,8H,4,6H2,1-2H3;4*1H;/p-4. The second kappa shape index (κ2) is 29.3. The minimum absolute atomic E-state index is 0. The molecule has 2 nitrogen and oxygen atoms in total. The topological polar surface area (TPSA) is 29.1 Å². The minimum atomic E-state index is 0. The molecule has 0 bridgehead atoms. The van der Waals surface area contributed by atoms with Gasteiger partial charge in [-0.3, -0.25) is 4.79 Å². The number of rotatable bonds is 4. The number of allylic oxidation sites excluding steroid dienone is 1. The molecule has 7 heteroatoms. The van der Waals surface area contributed by atoms with Gasteiger partial charge in [-0.15, -0.1) is 0 Å². The molecule has 0 aliphatic heterocycles. The molecular weight excluding hydrogens is 371 g/mol. The van der Waals surface area contributed by atoms with Crippen molar-refractivity contribution in [3.8, 4) is 0 Å². The maximum atomic E-state index is 10.7. The zero-order valence-corrected chi connectivity index (χ0v) is 11.1. The van der Waals surface area contributed by atoms with Gasteiger partial charge in [-0.05, 0) is 19.5 Å². The van der Waals surface area contributed by atoms with Crippen LogP contribution in [-0.2, 0) is 27.2 Å². The molecule has 0 aromatic carbocycles. The van der Waals surface area contributed by atoms with E-state index in [1.807, 2.05) is 13.8 Å². The average molecular weight is 384 g/mol. The monoisotopic (exact) mass is 384 g/mol. The summed E-state index contributed by atoms with van der Waals surface area (Å²) in [4.78, 5) is 10.7. The molecular formula is C7H13F4NOTa-4. The first kappa shape index (κ1) is 37.1. The maximum Gasteiger partial charge on any atom is 0.169 e. The summed E-state index contributed by atoms with van der Waals surface area (Å²) in [5.41, 5.74) is 0. The molecule has 0 saturated carbocycles. The zero-order valence-electron chi connectivity index (χ0n) is 7.94. The van der Waals surface area contributed by atoms with E-state index in [0.717, 1.165) is 6.54 Å². The summed E-state index contributed by atoms with van der Waals surface area (Å²) < 4.78 is 0. The third kappa shape index (κ3) is 29.7. The number of likely N-dealkylation sites (N-methyl/N-ethyl adjacent to an activating group) is 1. The molecule has 0 heterocycles.